The van der Waals surface area contributed by atoms with Crippen LogP contribution in [0.5, 0.6) is 5.75 Å². The highest BCUT2D eigenvalue weighted by Gasteiger charge is 2.25. The summed E-state index contributed by atoms with van der Waals surface area (Å²) in [7, 11) is 1.65. The lowest BCUT2D eigenvalue weighted by atomic mass is 9.84. The van der Waals surface area contributed by atoms with Crippen molar-refractivity contribution in [3.63, 3.8) is 0 Å². The number of aromatic carboxylic acids is 1. The molecule has 6 nitrogen and oxygen atoms in total. The van der Waals surface area contributed by atoms with E-state index in [9.17, 15) is 9.90 Å². The number of methoxy groups -OCH3 is 1. The Morgan fingerprint density at radius 2 is 2.04 bits per heavy atom. The molecule has 0 radical (unpaired) electrons. The lowest BCUT2D eigenvalue weighted by Crippen LogP contribution is -2.13. The second-order valence-corrected chi connectivity index (χ2v) is 6.72. The lowest BCUT2D eigenvalue weighted by molar-refractivity contribution is 0.0698. The number of benzene rings is 1. The third-order valence-electron chi connectivity index (χ3n) is 5.17. The van der Waals surface area contributed by atoms with Crippen LogP contribution >= 0.6 is 0 Å². The first kappa shape index (κ1) is 16.6. The third kappa shape index (κ3) is 2.81. The zero-order chi connectivity index (χ0) is 18.1. The van der Waals surface area contributed by atoms with Crippen molar-refractivity contribution in [2.45, 2.75) is 38.0 Å². The fourth-order valence-electron chi connectivity index (χ4n) is 3.88. The predicted molar refractivity (Wildman–Crippen MR) is 97.8 cm³/mol. The second kappa shape index (κ2) is 6.78. The number of ether oxygens (including phenoxy) is 1. The fraction of sp³-hybridized carbons (Fsp3) is 0.350. The summed E-state index contributed by atoms with van der Waals surface area (Å²) < 4.78 is 7.09. The van der Waals surface area contributed by atoms with Gasteiger partial charge in [-0.05, 0) is 30.5 Å². The highest BCUT2D eigenvalue weighted by Crippen LogP contribution is 2.38. The lowest BCUT2D eigenvalue weighted by Gasteiger charge is -2.25. The van der Waals surface area contributed by atoms with Crippen molar-refractivity contribution in [2.24, 2.45) is 0 Å². The molecule has 3 aromatic rings. The van der Waals surface area contributed by atoms with Gasteiger partial charge >= 0.3 is 5.97 Å². The Morgan fingerprint density at radius 3 is 2.77 bits per heavy atom. The first-order chi connectivity index (χ1) is 12.7. The van der Waals surface area contributed by atoms with Gasteiger partial charge in [0.25, 0.3) is 0 Å². The van der Waals surface area contributed by atoms with Gasteiger partial charge in [0.1, 0.15) is 11.3 Å². The monoisotopic (exact) mass is 351 g/mol. The maximum absolute atomic E-state index is 11.5. The number of rotatable bonds is 4. The fourth-order valence-corrected chi connectivity index (χ4v) is 3.88. The predicted octanol–water partition coefficient (Wildman–Crippen LogP) is 4.15. The van der Waals surface area contributed by atoms with Gasteiger partial charge in [0.2, 0.25) is 0 Å². The van der Waals surface area contributed by atoms with Crippen LogP contribution in [-0.4, -0.2) is 32.8 Å². The summed E-state index contributed by atoms with van der Waals surface area (Å²) in [6, 6.07) is 7.87. The van der Waals surface area contributed by atoms with Crippen molar-refractivity contribution in [3.8, 4) is 16.9 Å². The van der Waals surface area contributed by atoms with Crippen LogP contribution < -0.4 is 4.74 Å². The van der Waals surface area contributed by atoms with E-state index in [1.165, 1.54) is 25.5 Å². The molecule has 1 fully saturated rings. The molecule has 1 aromatic carbocycles. The van der Waals surface area contributed by atoms with Crippen LogP contribution in [0.2, 0.25) is 0 Å². The van der Waals surface area contributed by atoms with Gasteiger partial charge < -0.3 is 9.84 Å². The highest BCUT2D eigenvalue weighted by molar-refractivity contribution is 5.94. The molecule has 1 aliphatic rings. The first-order valence-electron chi connectivity index (χ1n) is 8.93. The Hall–Kier alpha value is -2.89. The zero-order valence-electron chi connectivity index (χ0n) is 14.7. The smallest absolute Gasteiger partial charge is 0.341 e. The molecule has 0 spiro atoms. The molecule has 26 heavy (non-hydrogen) atoms. The minimum absolute atomic E-state index is 0.138. The molecular weight excluding hydrogens is 330 g/mol. The van der Waals surface area contributed by atoms with Gasteiger partial charge in [0.05, 0.1) is 19.0 Å². The van der Waals surface area contributed by atoms with Gasteiger partial charge in [-0.25, -0.2) is 14.3 Å². The van der Waals surface area contributed by atoms with E-state index in [4.69, 9.17) is 4.74 Å². The van der Waals surface area contributed by atoms with Gasteiger partial charge in [-0.2, -0.15) is 5.10 Å². The van der Waals surface area contributed by atoms with Crippen LogP contribution in [0.4, 0.5) is 0 Å². The summed E-state index contributed by atoms with van der Waals surface area (Å²) >= 11 is 0. The number of nitrogens with zero attached hydrogens (tertiary/aromatic N) is 3. The maximum atomic E-state index is 11.5. The molecule has 0 bridgehead atoms. The van der Waals surface area contributed by atoms with E-state index in [1.54, 1.807) is 17.8 Å². The number of fused-ring (bicyclic) bond motifs is 1. The van der Waals surface area contributed by atoms with Crippen LogP contribution in [-0.2, 0) is 0 Å². The molecule has 2 aromatic heterocycles. The normalized spacial score (nSPS) is 15.3. The van der Waals surface area contributed by atoms with Gasteiger partial charge in [-0.1, -0.05) is 31.4 Å². The van der Waals surface area contributed by atoms with Crippen LogP contribution in [0.25, 0.3) is 16.8 Å². The largest absolute Gasteiger partial charge is 0.497 e. The van der Waals surface area contributed by atoms with Gasteiger partial charge in [-0.15, -0.1) is 0 Å². The summed E-state index contributed by atoms with van der Waals surface area (Å²) in [6.07, 6.45) is 8.95. The molecule has 134 valence electrons. The molecule has 0 saturated heterocycles. The number of carboxylic acids is 1. The van der Waals surface area contributed by atoms with Crippen molar-refractivity contribution in [2.75, 3.05) is 7.11 Å². The number of hydrogen-bond donors (Lipinski definition) is 1. The highest BCUT2D eigenvalue weighted by atomic mass is 16.5. The quantitative estimate of drug-likeness (QED) is 0.764. The van der Waals surface area contributed by atoms with E-state index in [0.29, 0.717) is 11.6 Å². The topological polar surface area (TPSA) is 76.7 Å². The summed E-state index contributed by atoms with van der Waals surface area (Å²) in [5.74, 6) is 0.122. The molecule has 0 unspecified atom stereocenters. The van der Waals surface area contributed by atoms with E-state index in [0.717, 1.165) is 35.4 Å². The average molecular weight is 351 g/mol. The standard InChI is InChI=1S/C20H21N3O3/c1-26-15-9-5-8-14(10-15)16-11-21-19-17(20(24)25)12-22-23(19)18(16)13-6-3-2-4-7-13/h5,8-13H,2-4,6-7H2,1H3,(H,24,25). The molecule has 4 rings (SSSR count). The Balaban J connectivity index is 1.95. The van der Waals surface area contributed by atoms with Crippen molar-refractivity contribution >= 4 is 11.6 Å². The van der Waals surface area contributed by atoms with E-state index >= 15 is 0 Å². The molecule has 1 saturated carbocycles. The Kier molecular flexibility index (Phi) is 4.32. The van der Waals surface area contributed by atoms with Crippen LogP contribution in [0.15, 0.2) is 36.7 Å². The molecule has 2 heterocycles. The third-order valence-corrected chi connectivity index (χ3v) is 5.17. The second-order valence-electron chi connectivity index (χ2n) is 6.72. The summed E-state index contributed by atoms with van der Waals surface area (Å²) in [5.41, 5.74) is 3.59. The Bertz CT molecular complexity index is 958. The SMILES string of the molecule is COc1cccc(-c2cnc3c(C(=O)O)cnn3c2C2CCCCC2)c1. The van der Waals surface area contributed by atoms with E-state index < -0.39 is 5.97 Å². The van der Waals surface area contributed by atoms with E-state index in [-0.39, 0.29) is 5.56 Å². The molecule has 6 heteroatoms. The minimum atomic E-state index is -1.00. The van der Waals surface area contributed by atoms with Crippen molar-refractivity contribution < 1.29 is 14.6 Å². The molecule has 0 amide bonds. The molecule has 0 aliphatic heterocycles. The van der Waals surface area contributed by atoms with Crippen LogP contribution in [0.1, 0.15) is 54.1 Å². The molecule has 1 aliphatic carbocycles. The van der Waals surface area contributed by atoms with Crippen molar-refractivity contribution in [3.05, 3.63) is 47.9 Å². The number of aromatic nitrogens is 3. The summed E-state index contributed by atoms with van der Waals surface area (Å²) in [4.78, 5) is 15.9. The van der Waals surface area contributed by atoms with Crippen molar-refractivity contribution in [1.29, 1.82) is 0 Å². The Labute approximate surface area is 151 Å². The Morgan fingerprint density at radius 1 is 1.23 bits per heavy atom. The van der Waals surface area contributed by atoms with E-state index in [2.05, 4.69) is 10.1 Å². The summed E-state index contributed by atoms with van der Waals surface area (Å²) in [6.45, 7) is 0. The first-order valence-corrected chi connectivity index (χ1v) is 8.93. The number of carbonyl (C=O) groups is 1. The van der Waals surface area contributed by atoms with Crippen LogP contribution in [0, 0.1) is 0 Å². The van der Waals surface area contributed by atoms with Gasteiger partial charge in [0, 0.05) is 17.7 Å². The average Bonchev–Trinajstić information content (AvgIpc) is 3.12. The van der Waals surface area contributed by atoms with Gasteiger partial charge in [-0.3, -0.25) is 0 Å². The van der Waals surface area contributed by atoms with Crippen molar-refractivity contribution in [1.82, 2.24) is 14.6 Å². The number of carboxylic acid groups (broad SMARTS) is 1. The molecular formula is C20H21N3O3. The zero-order valence-corrected chi connectivity index (χ0v) is 14.7. The number of hydrogen-bond acceptors (Lipinski definition) is 4. The van der Waals surface area contributed by atoms with Gasteiger partial charge in [0.15, 0.2) is 5.65 Å². The van der Waals surface area contributed by atoms with E-state index in [1.807, 2.05) is 24.3 Å². The minimum Gasteiger partial charge on any atom is -0.497 e. The maximum Gasteiger partial charge on any atom is 0.341 e. The summed E-state index contributed by atoms with van der Waals surface area (Å²) in [5, 5.41) is 13.8. The van der Waals surface area contributed by atoms with Crippen LogP contribution in [0.3, 0.4) is 0 Å². The molecule has 1 N–H and O–H groups in total. The molecule has 0 atom stereocenters.